The van der Waals surface area contributed by atoms with E-state index in [0.29, 0.717) is 6.54 Å². The van der Waals surface area contributed by atoms with Crippen molar-refractivity contribution in [2.24, 2.45) is 0 Å². The zero-order valence-electron chi connectivity index (χ0n) is 11.7. The lowest BCUT2D eigenvalue weighted by Gasteiger charge is -2.25. The molecule has 1 aromatic carbocycles. The summed E-state index contributed by atoms with van der Waals surface area (Å²) < 4.78 is 0. The zero-order valence-corrected chi connectivity index (χ0v) is 11.7. The van der Waals surface area contributed by atoms with Crippen LogP contribution in [-0.4, -0.2) is 17.3 Å². The maximum atomic E-state index is 9.97. The standard InChI is InChI=1S/C15H25NO/c1-6-15(5,17)10-16-13(4)14-8-11(2)7-12(3)9-14/h7-9,13,16-17H,6,10H2,1-5H3. The molecular weight excluding hydrogens is 210 g/mol. The van der Waals surface area contributed by atoms with Crippen LogP contribution in [0, 0.1) is 13.8 Å². The largest absolute Gasteiger partial charge is 0.389 e. The molecule has 0 radical (unpaired) electrons. The highest BCUT2D eigenvalue weighted by atomic mass is 16.3. The minimum absolute atomic E-state index is 0.270. The molecule has 2 unspecified atom stereocenters. The van der Waals surface area contributed by atoms with Crippen LogP contribution >= 0.6 is 0 Å². The van der Waals surface area contributed by atoms with E-state index in [1.54, 1.807) is 0 Å². The monoisotopic (exact) mass is 235 g/mol. The van der Waals surface area contributed by atoms with Gasteiger partial charge in [0.05, 0.1) is 5.60 Å². The van der Waals surface area contributed by atoms with Crippen molar-refractivity contribution in [1.29, 1.82) is 0 Å². The average molecular weight is 235 g/mol. The maximum absolute atomic E-state index is 9.97. The Labute approximate surface area is 105 Å². The Morgan fingerprint density at radius 3 is 2.24 bits per heavy atom. The quantitative estimate of drug-likeness (QED) is 0.822. The smallest absolute Gasteiger partial charge is 0.0741 e. The van der Waals surface area contributed by atoms with Gasteiger partial charge in [0.2, 0.25) is 0 Å². The van der Waals surface area contributed by atoms with Crippen LogP contribution in [0.25, 0.3) is 0 Å². The van der Waals surface area contributed by atoms with E-state index >= 15 is 0 Å². The predicted molar refractivity (Wildman–Crippen MR) is 73.2 cm³/mol. The van der Waals surface area contributed by atoms with Crippen LogP contribution in [0.15, 0.2) is 18.2 Å². The predicted octanol–water partition coefficient (Wildman–Crippen LogP) is 3.12. The molecule has 1 rings (SSSR count). The number of hydrogen-bond acceptors (Lipinski definition) is 2. The lowest BCUT2D eigenvalue weighted by molar-refractivity contribution is 0.0533. The second-order valence-corrected chi connectivity index (χ2v) is 5.37. The molecule has 0 amide bonds. The molecule has 0 saturated carbocycles. The SMILES string of the molecule is CCC(C)(O)CNC(C)c1cc(C)cc(C)c1. The number of hydrogen-bond donors (Lipinski definition) is 2. The van der Waals surface area contributed by atoms with E-state index in [4.69, 9.17) is 0 Å². The molecule has 96 valence electrons. The highest BCUT2D eigenvalue weighted by Gasteiger charge is 2.18. The van der Waals surface area contributed by atoms with E-state index in [-0.39, 0.29) is 6.04 Å². The van der Waals surface area contributed by atoms with Crippen LogP contribution < -0.4 is 5.32 Å². The second kappa shape index (κ2) is 5.65. The highest BCUT2D eigenvalue weighted by molar-refractivity contribution is 5.30. The first-order valence-electron chi connectivity index (χ1n) is 6.38. The summed E-state index contributed by atoms with van der Waals surface area (Å²) in [6.45, 7) is 10.9. The number of aryl methyl sites for hydroxylation is 2. The summed E-state index contributed by atoms with van der Waals surface area (Å²) in [5.74, 6) is 0. The molecule has 0 saturated heterocycles. The second-order valence-electron chi connectivity index (χ2n) is 5.37. The Morgan fingerprint density at radius 1 is 1.24 bits per heavy atom. The van der Waals surface area contributed by atoms with Crippen LogP contribution in [-0.2, 0) is 0 Å². The van der Waals surface area contributed by atoms with Gasteiger partial charge in [-0.25, -0.2) is 0 Å². The first-order valence-corrected chi connectivity index (χ1v) is 6.38. The van der Waals surface area contributed by atoms with Crippen molar-refractivity contribution in [2.75, 3.05) is 6.54 Å². The number of benzene rings is 1. The molecule has 0 fully saturated rings. The molecule has 0 bridgehead atoms. The minimum atomic E-state index is -0.618. The van der Waals surface area contributed by atoms with Crippen LogP contribution in [0.1, 0.15) is 49.9 Å². The molecule has 2 atom stereocenters. The van der Waals surface area contributed by atoms with Crippen molar-refractivity contribution >= 4 is 0 Å². The Bertz CT molecular complexity index is 351. The molecular formula is C15H25NO. The third-order valence-corrected chi connectivity index (χ3v) is 3.29. The summed E-state index contributed by atoms with van der Waals surface area (Å²) in [5, 5.41) is 13.4. The van der Waals surface area contributed by atoms with Gasteiger partial charge >= 0.3 is 0 Å². The Balaban J connectivity index is 2.67. The Kier molecular flexibility index (Phi) is 4.72. The van der Waals surface area contributed by atoms with Gasteiger partial charge in [0.15, 0.2) is 0 Å². The fourth-order valence-corrected chi connectivity index (χ4v) is 1.88. The molecule has 0 heterocycles. The lowest BCUT2D eigenvalue weighted by atomic mass is 10.00. The summed E-state index contributed by atoms with van der Waals surface area (Å²) in [6.07, 6.45) is 0.763. The molecule has 0 aromatic heterocycles. The van der Waals surface area contributed by atoms with Gasteiger partial charge in [-0.2, -0.15) is 0 Å². The van der Waals surface area contributed by atoms with Gasteiger partial charge in [-0.15, -0.1) is 0 Å². The third kappa shape index (κ3) is 4.49. The fourth-order valence-electron chi connectivity index (χ4n) is 1.88. The summed E-state index contributed by atoms with van der Waals surface area (Å²) in [4.78, 5) is 0. The number of rotatable bonds is 5. The van der Waals surface area contributed by atoms with Crippen LogP contribution in [0.3, 0.4) is 0 Å². The normalized spacial score (nSPS) is 16.6. The van der Waals surface area contributed by atoms with Gasteiger partial charge < -0.3 is 10.4 Å². The molecule has 2 nitrogen and oxygen atoms in total. The summed E-state index contributed by atoms with van der Waals surface area (Å²) in [5.41, 5.74) is 3.24. The molecule has 1 aromatic rings. The van der Waals surface area contributed by atoms with Gasteiger partial charge in [0.1, 0.15) is 0 Å². The van der Waals surface area contributed by atoms with Gasteiger partial charge in [0.25, 0.3) is 0 Å². The number of aliphatic hydroxyl groups is 1. The minimum Gasteiger partial charge on any atom is -0.389 e. The Morgan fingerprint density at radius 2 is 1.76 bits per heavy atom. The van der Waals surface area contributed by atoms with E-state index in [1.807, 2.05) is 13.8 Å². The summed E-state index contributed by atoms with van der Waals surface area (Å²) in [6, 6.07) is 6.85. The van der Waals surface area contributed by atoms with Crippen molar-refractivity contribution in [1.82, 2.24) is 5.32 Å². The molecule has 17 heavy (non-hydrogen) atoms. The van der Waals surface area contributed by atoms with Crippen molar-refractivity contribution in [3.05, 3.63) is 34.9 Å². The van der Waals surface area contributed by atoms with Crippen molar-refractivity contribution in [3.63, 3.8) is 0 Å². The van der Waals surface area contributed by atoms with Crippen LogP contribution in [0.2, 0.25) is 0 Å². The number of nitrogens with one attached hydrogen (secondary N) is 1. The fraction of sp³-hybridized carbons (Fsp3) is 0.600. The summed E-state index contributed by atoms with van der Waals surface area (Å²) in [7, 11) is 0. The van der Waals surface area contributed by atoms with Gasteiger partial charge in [-0.3, -0.25) is 0 Å². The summed E-state index contributed by atoms with van der Waals surface area (Å²) >= 11 is 0. The first-order chi connectivity index (χ1) is 7.84. The molecule has 0 spiro atoms. The zero-order chi connectivity index (χ0) is 13.1. The average Bonchev–Trinajstić information content (AvgIpc) is 2.24. The topological polar surface area (TPSA) is 32.3 Å². The molecule has 2 heteroatoms. The third-order valence-electron chi connectivity index (χ3n) is 3.29. The van der Waals surface area contributed by atoms with Crippen molar-refractivity contribution in [2.45, 2.75) is 52.7 Å². The molecule has 0 aliphatic heterocycles. The maximum Gasteiger partial charge on any atom is 0.0741 e. The van der Waals surface area contributed by atoms with E-state index in [2.05, 4.69) is 44.3 Å². The first kappa shape index (κ1) is 14.2. The van der Waals surface area contributed by atoms with Gasteiger partial charge in [0, 0.05) is 12.6 Å². The molecule has 0 aliphatic carbocycles. The van der Waals surface area contributed by atoms with Crippen molar-refractivity contribution in [3.8, 4) is 0 Å². The molecule has 2 N–H and O–H groups in total. The van der Waals surface area contributed by atoms with Gasteiger partial charge in [-0.05, 0) is 39.7 Å². The van der Waals surface area contributed by atoms with E-state index in [1.165, 1.54) is 16.7 Å². The van der Waals surface area contributed by atoms with Crippen molar-refractivity contribution < 1.29 is 5.11 Å². The van der Waals surface area contributed by atoms with E-state index in [0.717, 1.165) is 6.42 Å². The highest BCUT2D eigenvalue weighted by Crippen LogP contribution is 2.17. The van der Waals surface area contributed by atoms with E-state index < -0.39 is 5.60 Å². The Hall–Kier alpha value is -0.860. The van der Waals surface area contributed by atoms with Gasteiger partial charge in [-0.1, -0.05) is 36.2 Å². The van der Waals surface area contributed by atoms with Crippen LogP contribution in [0.4, 0.5) is 0 Å². The van der Waals surface area contributed by atoms with E-state index in [9.17, 15) is 5.11 Å². The lowest BCUT2D eigenvalue weighted by Crippen LogP contribution is -2.38. The molecule has 0 aliphatic rings. The van der Waals surface area contributed by atoms with Crippen LogP contribution in [0.5, 0.6) is 0 Å².